The number of ether oxygens (including phenoxy) is 1. The van der Waals surface area contributed by atoms with Gasteiger partial charge in [-0.25, -0.2) is 13.1 Å². The minimum atomic E-state index is -3.53. The summed E-state index contributed by atoms with van der Waals surface area (Å²) in [4.78, 5) is 14.6. The first kappa shape index (κ1) is 24.5. The van der Waals surface area contributed by atoms with E-state index in [-0.39, 0.29) is 16.7 Å². The van der Waals surface area contributed by atoms with E-state index in [0.29, 0.717) is 43.6 Å². The molecule has 2 aromatic rings. The fraction of sp³-hybridized carbons (Fsp3) is 0.435. The van der Waals surface area contributed by atoms with Crippen LogP contribution in [-0.4, -0.2) is 58.6 Å². The Morgan fingerprint density at radius 3 is 2.59 bits per heavy atom. The number of hydrogen-bond acceptors (Lipinski definition) is 5. The van der Waals surface area contributed by atoms with Gasteiger partial charge in [-0.1, -0.05) is 29.3 Å². The number of carbonyl (C=O) groups excluding carboxylic acids is 1. The predicted molar refractivity (Wildman–Crippen MR) is 125 cm³/mol. The van der Waals surface area contributed by atoms with Gasteiger partial charge in [0.1, 0.15) is 12.4 Å². The highest BCUT2D eigenvalue weighted by Gasteiger charge is 2.23. The molecule has 0 spiro atoms. The number of likely N-dealkylation sites (tertiary alicyclic amines) is 1. The number of aryl methyl sites for hydroxylation is 1. The Hall–Kier alpha value is -2.13. The molecule has 1 aliphatic heterocycles. The molecule has 2 N–H and O–H groups in total. The molecular formula is C23H30ClN3O4S. The van der Waals surface area contributed by atoms with Gasteiger partial charge in [0.25, 0.3) is 0 Å². The molecule has 1 atom stereocenters. The quantitative estimate of drug-likeness (QED) is 0.511. The molecule has 1 fully saturated rings. The summed E-state index contributed by atoms with van der Waals surface area (Å²) in [5.74, 6) is 0.811. The van der Waals surface area contributed by atoms with Gasteiger partial charge in [0.05, 0.1) is 18.0 Å². The monoisotopic (exact) mass is 479 g/mol. The van der Waals surface area contributed by atoms with E-state index in [4.69, 9.17) is 16.3 Å². The number of benzene rings is 2. The van der Waals surface area contributed by atoms with E-state index in [9.17, 15) is 13.2 Å². The Balaban J connectivity index is 1.37. The van der Waals surface area contributed by atoms with Crippen molar-refractivity contribution in [3.8, 4) is 5.75 Å². The molecule has 32 heavy (non-hydrogen) atoms. The van der Waals surface area contributed by atoms with Gasteiger partial charge in [0, 0.05) is 18.1 Å². The molecule has 0 aliphatic carbocycles. The highest BCUT2D eigenvalue weighted by molar-refractivity contribution is 7.89. The molecule has 1 heterocycles. The number of sulfonamides is 1. The summed E-state index contributed by atoms with van der Waals surface area (Å²) in [7, 11) is -3.53. The second-order valence-corrected chi connectivity index (χ2v) is 10.3. The Kier molecular flexibility index (Phi) is 8.92. The average molecular weight is 480 g/mol. The van der Waals surface area contributed by atoms with E-state index in [1.165, 1.54) is 0 Å². The van der Waals surface area contributed by atoms with E-state index < -0.39 is 10.0 Å². The first-order valence-corrected chi connectivity index (χ1v) is 12.6. The van der Waals surface area contributed by atoms with E-state index in [1.807, 2.05) is 6.92 Å². The molecule has 1 amide bonds. The van der Waals surface area contributed by atoms with Gasteiger partial charge in [-0.3, -0.25) is 9.69 Å². The van der Waals surface area contributed by atoms with Crippen molar-refractivity contribution in [2.24, 2.45) is 5.92 Å². The number of piperidine rings is 1. The lowest BCUT2D eigenvalue weighted by Gasteiger charge is -2.32. The Bertz CT molecular complexity index is 981. The van der Waals surface area contributed by atoms with Gasteiger partial charge in [-0.15, -0.1) is 0 Å². The lowest BCUT2D eigenvalue weighted by molar-refractivity contribution is -0.122. The van der Waals surface area contributed by atoms with Crippen LogP contribution in [0.25, 0.3) is 0 Å². The fourth-order valence-corrected chi connectivity index (χ4v) is 4.88. The second kappa shape index (κ2) is 11.7. The zero-order valence-electron chi connectivity index (χ0n) is 18.2. The number of amides is 1. The molecule has 0 saturated carbocycles. The van der Waals surface area contributed by atoms with Crippen molar-refractivity contribution in [3.05, 3.63) is 59.1 Å². The number of rotatable bonds is 10. The molecule has 7 nitrogen and oxygen atoms in total. The van der Waals surface area contributed by atoms with Gasteiger partial charge < -0.3 is 10.1 Å². The van der Waals surface area contributed by atoms with Crippen molar-refractivity contribution in [1.82, 2.24) is 14.9 Å². The Morgan fingerprint density at radius 2 is 1.88 bits per heavy atom. The van der Waals surface area contributed by atoms with Crippen molar-refractivity contribution in [3.63, 3.8) is 0 Å². The van der Waals surface area contributed by atoms with Crippen LogP contribution in [0.5, 0.6) is 5.75 Å². The highest BCUT2D eigenvalue weighted by atomic mass is 35.5. The molecule has 1 saturated heterocycles. The second-order valence-electron chi connectivity index (χ2n) is 8.06. The van der Waals surface area contributed by atoms with Crippen LogP contribution in [0.4, 0.5) is 0 Å². The lowest BCUT2D eigenvalue weighted by Crippen LogP contribution is -2.45. The summed E-state index contributed by atoms with van der Waals surface area (Å²) in [6, 6.07) is 13.9. The van der Waals surface area contributed by atoms with Gasteiger partial charge in [0.2, 0.25) is 15.9 Å². The number of carbonyl (C=O) groups is 1. The zero-order valence-corrected chi connectivity index (χ0v) is 19.8. The SMILES string of the molecule is Cc1ccc(S(=O)(=O)NCC2CCCN(CC(=O)NCCOc3ccc(Cl)cc3)C2)cc1. The van der Waals surface area contributed by atoms with E-state index >= 15 is 0 Å². The van der Waals surface area contributed by atoms with Crippen LogP contribution < -0.4 is 14.8 Å². The molecule has 1 aliphatic rings. The third kappa shape index (κ3) is 7.78. The van der Waals surface area contributed by atoms with Crippen LogP contribution in [0.1, 0.15) is 18.4 Å². The summed E-state index contributed by atoms with van der Waals surface area (Å²) in [5.41, 5.74) is 1.02. The first-order chi connectivity index (χ1) is 15.3. The molecule has 1 unspecified atom stereocenters. The summed E-state index contributed by atoms with van der Waals surface area (Å²) < 4.78 is 33.3. The van der Waals surface area contributed by atoms with Crippen molar-refractivity contribution < 1.29 is 17.9 Å². The van der Waals surface area contributed by atoms with Crippen molar-refractivity contribution in [2.75, 3.05) is 39.3 Å². The maximum Gasteiger partial charge on any atom is 0.240 e. The van der Waals surface area contributed by atoms with Crippen LogP contribution in [-0.2, 0) is 14.8 Å². The summed E-state index contributed by atoms with van der Waals surface area (Å²) in [6.07, 6.45) is 1.87. The third-order valence-corrected chi connectivity index (χ3v) is 7.06. The summed E-state index contributed by atoms with van der Waals surface area (Å²) >= 11 is 5.84. The number of halogens is 1. The molecule has 9 heteroatoms. The minimum absolute atomic E-state index is 0.0643. The summed E-state index contributed by atoms with van der Waals surface area (Å²) in [6.45, 7) is 4.88. The van der Waals surface area contributed by atoms with Crippen LogP contribution in [0.2, 0.25) is 5.02 Å². The fourth-order valence-electron chi connectivity index (χ4n) is 3.64. The largest absolute Gasteiger partial charge is 0.492 e. The molecule has 2 aromatic carbocycles. The topological polar surface area (TPSA) is 87.7 Å². The molecule has 3 rings (SSSR count). The Labute approximate surface area is 195 Å². The molecule has 0 aromatic heterocycles. The summed E-state index contributed by atoms with van der Waals surface area (Å²) in [5, 5.41) is 3.51. The predicted octanol–water partition coefficient (Wildman–Crippen LogP) is 2.83. The van der Waals surface area contributed by atoms with Gasteiger partial charge in [-0.2, -0.15) is 0 Å². The lowest BCUT2D eigenvalue weighted by atomic mass is 9.98. The number of nitrogens with one attached hydrogen (secondary N) is 2. The molecule has 0 radical (unpaired) electrons. The Morgan fingerprint density at radius 1 is 1.16 bits per heavy atom. The number of nitrogens with zero attached hydrogens (tertiary/aromatic N) is 1. The van der Waals surface area contributed by atoms with Crippen molar-refractivity contribution >= 4 is 27.5 Å². The highest BCUT2D eigenvalue weighted by Crippen LogP contribution is 2.17. The smallest absolute Gasteiger partial charge is 0.240 e. The maximum atomic E-state index is 12.5. The third-order valence-electron chi connectivity index (χ3n) is 5.37. The minimum Gasteiger partial charge on any atom is -0.492 e. The van der Waals surface area contributed by atoms with Crippen LogP contribution in [0.3, 0.4) is 0 Å². The first-order valence-electron chi connectivity index (χ1n) is 10.8. The van der Waals surface area contributed by atoms with Gasteiger partial charge in [-0.05, 0) is 68.6 Å². The normalized spacial score (nSPS) is 17.1. The molecule has 0 bridgehead atoms. The van der Waals surface area contributed by atoms with Gasteiger partial charge in [0.15, 0.2) is 0 Å². The van der Waals surface area contributed by atoms with E-state index in [2.05, 4.69) is 14.9 Å². The molecular weight excluding hydrogens is 450 g/mol. The van der Waals surface area contributed by atoms with Crippen molar-refractivity contribution in [1.29, 1.82) is 0 Å². The standard InChI is InChI=1S/C23H30ClN3O4S/c1-18-4-10-22(11-5-18)32(29,30)26-15-19-3-2-13-27(16-19)17-23(28)25-12-14-31-21-8-6-20(24)7-9-21/h4-11,19,26H,2-3,12-17H2,1H3,(H,25,28). The van der Waals surface area contributed by atoms with Crippen LogP contribution in [0.15, 0.2) is 53.4 Å². The van der Waals surface area contributed by atoms with Crippen LogP contribution in [0, 0.1) is 12.8 Å². The van der Waals surface area contributed by atoms with Gasteiger partial charge >= 0.3 is 0 Å². The van der Waals surface area contributed by atoms with Crippen LogP contribution >= 0.6 is 11.6 Å². The van der Waals surface area contributed by atoms with E-state index in [1.54, 1.807) is 48.5 Å². The average Bonchev–Trinajstić information content (AvgIpc) is 2.77. The maximum absolute atomic E-state index is 12.5. The van der Waals surface area contributed by atoms with Crippen molar-refractivity contribution in [2.45, 2.75) is 24.7 Å². The van der Waals surface area contributed by atoms with E-state index in [0.717, 1.165) is 24.9 Å². The number of hydrogen-bond donors (Lipinski definition) is 2. The molecule has 174 valence electrons. The zero-order chi connectivity index (χ0) is 23.0.